The number of halogens is 1. The Balaban J connectivity index is 2.21. The van der Waals surface area contributed by atoms with Gasteiger partial charge >= 0.3 is 0 Å². The van der Waals surface area contributed by atoms with Crippen LogP contribution in [0, 0.1) is 5.82 Å². The number of hydrogen-bond acceptors (Lipinski definition) is 3. The molecule has 20 heavy (non-hydrogen) atoms. The Morgan fingerprint density at radius 2 is 2.05 bits per heavy atom. The molecule has 4 heteroatoms. The van der Waals surface area contributed by atoms with E-state index in [2.05, 4.69) is 10.3 Å². The molecule has 1 aromatic carbocycles. The predicted octanol–water partition coefficient (Wildman–Crippen LogP) is 2.97. The van der Waals surface area contributed by atoms with E-state index in [1.165, 1.54) is 6.07 Å². The second kappa shape index (κ2) is 7.01. The molecule has 0 amide bonds. The Morgan fingerprint density at radius 1 is 1.20 bits per heavy atom. The van der Waals surface area contributed by atoms with Gasteiger partial charge in [0, 0.05) is 19.8 Å². The van der Waals surface area contributed by atoms with Gasteiger partial charge in [-0.15, -0.1) is 0 Å². The lowest BCUT2D eigenvalue weighted by atomic mass is 10.1. The Morgan fingerprint density at radius 3 is 2.75 bits per heavy atom. The summed E-state index contributed by atoms with van der Waals surface area (Å²) in [7, 11) is 1.89. The van der Waals surface area contributed by atoms with Crippen molar-refractivity contribution in [1.29, 1.82) is 0 Å². The lowest BCUT2D eigenvalue weighted by molar-refractivity contribution is 0.615. The van der Waals surface area contributed by atoms with Gasteiger partial charge in [-0.25, -0.2) is 4.39 Å². The van der Waals surface area contributed by atoms with Crippen molar-refractivity contribution in [3.05, 3.63) is 59.7 Å². The first-order chi connectivity index (χ1) is 9.72. The molecule has 2 aromatic rings. The van der Waals surface area contributed by atoms with Crippen molar-refractivity contribution >= 4 is 5.69 Å². The summed E-state index contributed by atoms with van der Waals surface area (Å²) in [4.78, 5) is 6.19. The van der Waals surface area contributed by atoms with Gasteiger partial charge in [0.15, 0.2) is 0 Å². The van der Waals surface area contributed by atoms with Crippen LogP contribution in [0.3, 0.4) is 0 Å². The van der Waals surface area contributed by atoms with Crippen LogP contribution < -0.4 is 10.2 Å². The summed E-state index contributed by atoms with van der Waals surface area (Å²) in [6, 6.07) is 11.0. The van der Waals surface area contributed by atoms with Crippen LogP contribution in [0.1, 0.15) is 18.2 Å². The van der Waals surface area contributed by atoms with E-state index in [-0.39, 0.29) is 5.82 Å². The quantitative estimate of drug-likeness (QED) is 0.877. The summed E-state index contributed by atoms with van der Waals surface area (Å²) in [6.45, 7) is 4.15. The number of para-hydroxylation sites is 1. The van der Waals surface area contributed by atoms with Gasteiger partial charge in [0.2, 0.25) is 0 Å². The highest BCUT2D eigenvalue weighted by atomic mass is 19.1. The molecule has 106 valence electrons. The van der Waals surface area contributed by atoms with Gasteiger partial charge in [0.1, 0.15) is 5.82 Å². The third-order valence-corrected chi connectivity index (χ3v) is 3.14. The van der Waals surface area contributed by atoms with Gasteiger partial charge < -0.3 is 10.2 Å². The minimum absolute atomic E-state index is 0.196. The van der Waals surface area contributed by atoms with Gasteiger partial charge in [-0.1, -0.05) is 25.1 Å². The lowest BCUT2D eigenvalue weighted by Gasteiger charge is -2.23. The summed E-state index contributed by atoms with van der Waals surface area (Å²) in [6.07, 6.45) is 1.75. The standard InChI is InChI=1S/C16H20FN3/c1-3-18-11-13-7-6-9-15(17)16(13)20(2)12-14-8-4-5-10-19-14/h4-10,18H,3,11-12H2,1-2H3. The molecule has 3 nitrogen and oxygen atoms in total. The molecule has 0 fully saturated rings. The first kappa shape index (κ1) is 14.5. The fraction of sp³-hybridized carbons (Fsp3) is 0.312. The molecule has 2 rings (SSSR count). The number of anilines is 1. The summed E-state index contributed by atoms with van der Waals surface area (Å²) < 4.78 is 14.1. The summed E-state index contributed by atoms with van der Waals surface area (Å²) in [5.41, 5.74) is 2.53. The maximum atomic E-state index is 14.1. The average Bonchev–Trinajstić information content (AvgIpc) is 2.46. The average molecular weight is 273 g/mol. The van der Waals surface area contributed by atoms with Crippen molar-refractivity contribution < 1.29 is 4.39 Å². The Kier molecular flexibility index (Phi) is 5.07. The number of aromatic nitrogens is 1. The molecular weight excluding hydrogens is 253 g/mol. The molecule has 0 aliphatic heterocycles. The topological polar surface area (TPSA) is 28.2 Å². The molecule has 0 unspecified atom stereocenters. The van der Waals surface area contributed by atoms with Gasteiger partial charge in [0.25, 0.3) is 0 Å². The number of nitrogens with one attached hydrogen (secondary N) is 1. The molecule has 0 saturated carbocycles. The molecule has 1 aromatic heterocycles. The van der Waals surface area contributed by atoms with Crippen LogP contribution in [0.5, 0.6) is 0 Å². The highest BCUT2D eigenvalue weighted by Gasteiger charge is 2.13. The van der Waals surface area contributed by atoms with Gasteiger partial charge in [-0.05, 0) is 30.3 Å². The fourth-order valence-corrected chi connectivity index (χ4v) is 2.20. The van der Waals surface area contributed by atoms with E-state index >= 15 is 0 Å². The van der Waals surface area contributed by atoms with Crippen molar-refractivity contribution in [2.45, 2.75) is 20.0 Å². The number of nitrogens with zero attached hydrogens (tertiary/aromatic N) is 2. The first-order valence-electron chi connectivity index (χ1n) is 6.81. The Labute approximate surface area is 119 Å². The number of pyridine rings is 1. The second-order valence-corrected chi connectivity index (χ2v) is 4.71. The summed E-state index contributed by atoms with van der Waals surface area (Å²) in [5, 5.41) is 3.24. The molecule has 0 saturated heterocycles. The summed E-state index contributed by atoms with van der Waals surface area (Å²) >= 11 is 0. The van der Waals surface area contributed by atoms with Crippen LogP contribution in [-0.2, 0) is 13.1 Å². The summed E-state index contributed by atoms with van der Waals surface area (Å²) in [5.74, 6) is -0.196. The van der Waals surface area contributed by atoms with Crippen molar-refractivity contribution in [2.24, 2.45) is 0 Å². The van der Waals surface area contributed by atoms with Gasteiger partial charge in [0.05, 0.1) is 17.9 Å². The lowest BCUT2D eigenvalue weighted by Crippen LogP contribution is -2.22. The van der Waals surface area contributed by atoms with Crippen molar-refractivity contribution in [3.8, 4) is 0 Å². The van der Waals surface area contributed by atoms with Crippen LogP contribution in [-0.4, -0.2) is 18.6 Å². The number of hydrogen-bond donors (Lipinski definition) is 1. The smallest absolute Gasteiger partial charge is 0.146 e. The fourth-order valence-electron chi connectivity index (χ4n) is 2.20. The highest BCUT2D eigenvalue weighted by Crippen LogP contribution is 2.24. The van der Waals surface area contributed by atoms with Crippen molar-refractivity contribution in [1.82, 2.24) is 10.3 Å². The zero-order valence-electron chi connectivity index (χ0n) is 11.9. The molecular formula is C16H20FN3. The van der Waals surface area contributed by atoms with Crippen LogP contribution in [0.2, 0.25) is 0 Å². The minimum atomic E-state index is -0.196. The van der Waals surface area contributed by atoms with E-state index in [1.807, 2.05) is 43.1 Å². The molecule has 0 bridgehead atoms. The third kappa shape index (κ3) is 3.54. The normalized spacial score (nSPS) is 10.6. The van der Waals surface area contributed by atoms with Crippen molar-refractivity contribution in [3.63, 3.8) is 0 Å². The molecule has 0 spiro atoms. The molecule has 0 aliphatic rings. The SMILES string of the molecule is CCNCc1cccc(F)c1N(C)Cc1ccccn1. The number of benzene rings is 1. The van der Waals surface area contributed by atoms with E-state index < -0.39 is 0 Å². The minimum Gasteiger partial charge on any atom is -0.366 e. The third-order valence-electron chi connectivity index (χ3n) is 3.14. The van der Waals surface area contributed by atoms with E-state index in [1.54, 1.807) is 12.3 Å². The molecule has 0 aliphatic carbocycles. The number of rotatable bonds is 6. The van der Waals surface area contributed by atoms with E-state index in [4.69, 9.17) is 0 Å². The van der Waals surface area contributed by atoms with E-state index in [0.29, 0.717) is 18.8 Å². The van der Waals surface area contributed by atoms with Crippen LogP contribution >= 0.6 is 0 Å². The molecule has 1 N–H and O–H groups in total. The van der Waals surface area contributed by atoms with Crippen molar-refractivity contribution in [2.75, 3.05) is 18.5 Å². The van der Waals surface area contributed by atoms with Gasteiger partial charge in [-0.2, -0.15) is 0 Å². The second-order valence-electron chi connectivity index (χ2n) is 4.71. The van der Waals surface area contributed by atoms with Crippen LogP contribution in [0.4, 0.5) is 10.1 Å². The maximum Gasteiger partial charge on any atom is 0.146 e. The molecule has 1 heterocycles. The molecule has 0 atom stereocenters. The largest absolute Gasteiger partial charge is 0.366 e. The highest BCUT2D eigenvalue weighted by molar-refractivity contribution is 5.54. The van der Waals surface area contributed by atoms with Gasteiger partial charge in [-0.3, -0.25) is 4.98 Å². The van der Waals surface area contributed by atoms with E-state index in [0.717, 1.165) is 17.8 Å². The zero-order chi connectivity index (χ0) is 14.4. The predicted molar refractivity (Wildman–Crippen MR) is 80.1 cm³/mol. The maximum absolute atomic E-state index is 14.1. The van der Waals surface area contributed by atoms with E-state index in [9.17, 15) is 4.39 Å². The Hall–Kier alpha value is -1.94. The van der Waals surface area contributed by atoms with Crippen LogP contribution in [0.25, 0.3) is 0 Å². The zero-order valence-corrected chi connectivity index (χ0v) is 11.9. The van der Waals surface area contributed by atoms with Crippen LogP contribution in [0.15, 0.2) is 42.6 Å². The molecule has 0 radical (unpaired) electrons. The monoisotopic (exact) mass is 273 g/mol. The first-order valence-corrected chi connectivity index (χ1v) is 6.81. The Bertz CT molecular complexity index is 543.